The van der Waals surface area contributed by atoms with Crippen molar-refractivity contribution >= 4 is 39.3 Å². The first kappa shape index (κ1) is 13.7. The van der Waals surface area contributed by atoms with Crippen LogP contribution >= 0.6 is 27.7 Å². The Morgan fingerprint density at radius 2 is 1.80 bits per heavy atom. The topological polar surface area (TPSA) is 40.5 Å². The van der Waals surface area contributed by atoms with Crippen molar-refractivity contribution in [3.05, 3.63) is 52.5 Å². The number of hydrogen-bond donors (Lipinski definition) is 1. The van der Waals surface area contributed by atoms with Crippen molar-refractivity contribution in [3.8, 4) is 0 Å². The lowest BCUT2D eigenvalue weighted by Crippen LogP contribution is -2.23. The second-order valence-corrected chi connectivity index (χ2v) is 6.64. The summed E-state index contributed by atoms with van der Waals surface area (Å²) in [5, 5.41) is 9.83. The van der Waals surface area contributed by atoms with Crippen LogP contribution in [0.1, 0.15) is 11.7 Å². The van der Waals surface area contributed by atoms with Gasteiger partial charge in [0, 0.05) is 26.9 Å². The molecule has 3 nitrogen and oxygen atoms in total. The fourth-order valence-corrected chi connectivity index (χ4v) is 3.30. The number of halogens is 1. The van der Waals surface area contributed by atoms with Crippen LogP contribution in [0.4, 0.5) is 5.69 Å². The molecule has 1 amide bonds. The molecule has 5 heteroatoms. The number of carbonyl (C=O) groups is 1. The lowest BCUT2D eigenvalue weighted by Gasteiger charge is -2.11. The number of amides is 1. The Bertz CT molecular complexity index is 672. The van der Waals surface area contributed by atoms with Gasteiger partial charge in [-0.05, 0) is 36.4 Å². The molecule has 0 radical (unpaired) electrons. The predicted molar refractivity (Wildman–Crippen MR) is 83.1 cm³/mol. The van der Waals surface area contributed by atoms with E-state index >= 15 is 0 Å². The molecule has 1 heterocycles. The van der Waals surface area contributed by atoms with Gasteiger partial charge in [0.05, 0.1) is 5.69 Å². The van der Waals surface area contributed by atoms with E-state index in [0.29, 0.717) is 5.56 Å². The van der Waals surface area contributed by atoms with Gasteiger partial charge in [-0.15, -0.1) is 0 Å². The zero-order chi connectivity index (χ0) is 14.3. The van der Waals surface area contributed by atoms with Crippen LogP contribution in [0.25, 0.3) is 0 Å². The number of benzene rings is 2. The molecule has 0 saturated carbocycles. The molecule has 102 valence electrons. The largest absolute Gasteiger partial charge is 0.378 e. The maximum Gasteiger partial charge on any atom is 0.260 e. The van der Waals surface area contributed by atoms with Crippen LogP contribution in [0.2, 0.25) is 0 Å². The van der Waals surface area contributed by atoms with E-state index in [0.717, 1.165) is 20.0 Å². The highest BCUT2D eigenvalue weighted by molar-refractivity contribution is 9.10. The average Bonchev–Trinajstić information content (AvgIpc) is 2.66. The van der Waals surface area contributed by atoms with Crippen molar-refractivity contribution in [2.45, 2.75) is 15.9 Å². The Morgan fingerprint density at radius 3 is 2.50 bits per heavy atom. The van der Waals surface area contributed by atoms with Crippen LogP contribution in [0, 0.1) is 0 Å². The van der Waals surface area contributed by atoms with E-state index in [-0.39, 0.29) is 5.91 Å². The fraction of sp³-hybridized carbons (Fsp3) is 0.133. The fourth-order valence-electron chi connectivity index (χ4n) is 2.18. The molecule has 20 heavy (non-hydrogen) atoms. The summed E-state index contributed by atoms with van der Waals surface area (Å²) < 4.78 is 1.05. The number of aliphatic hydroxyl groups is 1. The first-order valence-electron chi connectivity index (χ1n) is 6.09. The van der Waals surface area contributed by atoms with Crippen LogP contribution in [0.3, 0.4) is 0 Å². The summed E-state index contributed by atoms with van der Waals surface area (Å²) in [6, 6.07) is 13.8. The van der Waals surface area contributed by atoms with Crippen LogP contribution in [0.5, 0.6) is 0 Å². The van der Waals surface area contributed by atoms with Crippen LogP contribution < -0.4 is 4.90 Å². The zero-order valence-electron chi connectivity index (χ0n) is 10.7. The third-order valence-electron chi connectivity index (χ3n) is 3.27. The van der Waals surface area contributed by atoms with Gasteiger partial charge in [0.25, 0.3) is 5.91 Å². The number of carbonyl (C=O) groups excluding carboxylic acids is 1. The van der Waals surface area contributed by atoms with Gasteiger partial charge in [-0.25, -0.2) is 0 Å². The summed E-state index contributed by atoms with van der Waals surface area (Å²) in [5.41, 5.74) is 1.46. The van der Waals surface area contributed by atoms with Crippen LogP contribution in [0.15, 0.2) is 56.7 Å². The molecule has 0 aliphatic carbocycles. The van der Waals surface area contributed by atoms with Gasteiger partial charge in [0.1, 0.15) is 0 Å². The van der Waals surface area contributed by atoms with Gasteiger partial charge in [-0.1, -0.05) is 33.8 Å². The molecule has 0 fully saturated rings. The Kier molecular flexibility index (Phi) is 3.58. The van der Waals surface area contributed by atoms with Crippen molar-refractivity contribution in [3.63, 3.8) is 0 Å². The normalized spacial score (nSPS) is 17.4. The Labute approximate surface area is 129 Å². The summed E-state index contributed by atoms with van der Waals surface area (Å²) in [5.74, 6) is -0.272. The second-order valence-electron chi connectivity index (χ2n) is 4.58. The molecule has 1 unspecified atom stereocenters. The molecule has 0 spiro atoms. The third-order valence-corrected chi connectivity index (χ3v) is 4.80. The minimum absolute atomic E-state index is 0.272. The smallest absolute Gasteiger partial charge is 0.260 e. The molecule has 1 aliphatic rings. The minimum Gasteiger partial charge on any atom is -0.378 e. The lowest BCUT2D eigenvalue weighted by atomic mass is 10.1. The van der Waals surface area contributed by atoms with Crippen LogP contribution in [-0.2, 0) is 4.79 Å². The lowest BCUT2D eigenvalue weighted by molar-refractivity contribution is -0.125. The van der Waals surface area contributed by atoms with Gasteiger partial charge in [0.15, 0.2) is 6.10 Å². The SMILES string of the molecule is CN1C(=O)C(O)c2ccc(Sc3ccc(Br)cc3)cc21. The highest BCUT2D eigenvalue weighted by Gasteiger charge is 2.33. The van der Waals surface area contributed by atoms with Gasteiger partial charge < -0.3 is 10.0 Å². The van der Waals surface area contributed by atoms with Gasteiger partial charge >= 0.3 is 0 Å². The molecule has 2 aromatic carbocycles. The van der Waals surface area contributed by atoms with E-state index in [2.05, 4.69) is 15.9 Å². The van der Waals surface area contributed by atoms with Crippen molar-refractivity contribution < 1.29 is 9.90 Å². The van der Waals surface area contributed by atoms with Crippen molar-refractivity contribution in [1.29, 1.82) is 0 Å². The van der Waals surface area contributed by atoms with E-state index in [4.69, 9.17) is 0 Å². The van der Waals surface area contributed by atoms with Gasteiger partial charge in [0.2, 0.25) is 0 Å². The van der Waals surface area contributed by atoms with Gasteiger partial charge in [-0.3, -0.25) is 4.79 Å². The molecular weight excluding hydrogens is 338 g/mol. The van der Waals surface area contributed by atoms with E-state index in [1.165, 1.54) is 4.90 Å². The third kappa shape index (κ3) is 2.37. The molecule has 1 atom stereocenters. The van der Waals surface area contributed by atoms with Crippen molar-refractivity contribution in [1.82, 2.24) is 0 Å². The second kappa shape index (κ2) is 5.24. The predicted octanol–water partition coefficient (Wildman–Crippen LogP) is 3.61. The first-order valence-corrected chi connectivity index (χ1v) is 7.70. The number of anilines is 1. The quantitative estimate of drug-likeness (QED) is 0.900. The maximum absolute atomic E-state index is 11.7. The molecule has 1 aliphatic heterocycles. The van der Waals surface area contributed by atoms with Crippen LogP contribution in [-0.4, -0.2) is 18.1 Å². The summed E-state index contributed by atoms with van der Waals surface area (Å²) in [4.78, 5) is 15.4. The number of fused-ring (bicyclic) bond motifs is 1. The van der Waals surface area contributed by atoms with E-state index in [9.17, 15) is 9.90 Å². The van der Waals surface area contributed by atoms with Gasteiger partial charge in [-0.2, -0.15) is 0 Å². The Morgan fingerprint density at radius 1 is 1.15 bits per heavy atom. The monoisotopic (exact) mass is 349 g/mol. The summed E-state index contributed by atoms with van der Waals surface area (Å²) >= 11 is 5.04. The Hall–Kier alpha value is -1.30. The number of nitrogens with zero attached hydrogens (tertiary/aromatic N) is 1. The number of rotatable bonds is 2. The molecule has 0 saturated heterocycles. The molecule has 0 aromatic heterocycles. The maximum atomic E-state index is 11.7. The van der Waals surface area contributed by atoms with E-state index in [1.54, 1.807) is 18.8 Å². The molecule has 1 N–H and O–H groups in total. The highest BCUT2D eigenvalue weighted by atomic mass is 79.9. The summed E-state index contributed by atoms with van der Waals surface area (Å²) in [7, 11) is 1.69. The summed E-state index contributed by atoms with van der Waals surface area (Å²) in [6.07, 6.45) is -1.03. The highest BCUT2D eigenvalue weighted by Crippen LogP contribution is 2.39. The number of hydrogen-bond acceptors (Lipinski definition) is 3. The Balaban J connectivity index is 1.90. The van der Waals surface area contributed by atoms with E-state index < -0.39 is 6.10 Å². The van der Waals surface area contributed by atoms with E-state index in [1.807, 2.05) is 42.5 Å². The number of likely N-dealkylation sites (N-methyl/N-ethyl adjacent to an activating group) is 1. The van der Waals surface area contributed by atoms with Crippen molar-refractivity contribution in [2.75, 3.05) is 11.9 Å². The number of aliphatic hydroxyl groups excluding tert-OH is 1. The molecule has 3 rings (SSSR count). The molecule has 2 aromatic rings. The van der Waals surface area contributed by atoms with Crippen molar-refractivity contribution in [2.24, 2.45) is 0 Å². The first-order chi connectivity index (χ1) is 9.56. The zero-order valence-corrected chi connectivity index (χ0v) is 13.1. The molecule has 0 bridgehead atoms. The standard InChI is InChI=1S/C15H12BrNO2S/c1-17-13-8-11(6-7-12(13)14(18)15(17)19)20-10-4-2-9(16)3-5-10/h2-8,14,18H,1H3. The minimum atomic E-state index is -1.03. The summed E-state index contributed by atoms with van der Waals surface area (Å²) in [6.45, 7) is 0. The average molecular weight is 350 g/mol. The molecular formula is C15H12BrNO2S.